The Bertz CT molecular complexity index is 3260. The van der Waals surface area contributed by atoms with Crippen molar-refractivity contribution in [2.24, 2.45) is 0 Å². The first-order valence-corrected chi connectivity index (χ1v) is 19.7. The van der Waals surface area contributed by atoms with E-state index in [0.717, 1.165) is 72.4 Å². The highest BCUT2D eigenvalue weighted by atomic mass is 32.1. The molecule has 0 N–H and O–H groups in total. The van der Waals surface area contributed by atoms with E-state index in [1.807, 2.05) is 18.2 Å². The van der Waals surface area contributed by atoms with Crippen molar-refractivity contribution < 1.29 is 4.42 Å². The van der Waals surface area contributed by atoms with Crippen LogP contribution in [-0.2, 0) is 6.42 Å². The number of nitrogens with zero attached hydrogens (tertiary/aromatic N) is 4. The highest BCUT2D eigenvalue weighted by molar-refractivity contribution is 7.26. The average Bonchev–Trinajstić information content (AvgIpc) is 3.91. The number of rotatable bonds is 7. The Morgan fingerprint density at radius 1 is 0.527 bits per heavy atom. The molecule has 5 nitrogen and oxygen atoms in total. The highest BCUT2D eigenvalue weighted by Crippen LogP contribution is 2.41. The fourth-order valence-corrected chi connectivity index (χ4v) is 9.34. The zero-order valence-corrected chi connectivity index (χ0v) is 31.0. The van der Waals surface area contributed by atoms with Gasteiger partial charge in [-0.05, 0) is 72.0 Å². The molecule has 0 unspecified atom stereocenters. The summed E-state index contributed by atoms with van der Waals surface area (Å²) in [5.74, 6) is 1.87. The topological polar surface area (TPSA) is 56.7 Å². The number of aryl methyl sites for hydroxylation is 1. The van der Waals surface area contributed by atoms with Crippen LogP contribution in [0.15, 0.2) is 156 Å². The van der Waals surface area contributed by atoms with Crippen LogP contribution in [-0.4, -0.2) is 19.5 Å². The summed E-state index contributed by atoms with van der Waals surface area (Å²) < 4.78 is 11.0. The number of aromatic nitrogens is 4. The van der Waals surface area contributed by atoms with Crippen molar-refractivity contribution in [1.82, 2.24) is 19.5 Å². The van der Waals surface area contributed by atoms with Gasteiger partial charge in [0.15, 0.2) is 11.6 Å². The van der Waals surface area contributed by atoms with E-state index in [1.54, 1.807) is 11.3 Å². The molecular formula is C49H34N4OS. The molecule has 4 heterocycles. The van der Waals surface area contributed by atoms with Crippen molar-refractivity contribution in [3.8, 4) is 39.9 Å². The minimum absolute atomic E-state index is 0.584. The Morgan fingerprint density at radius 3 is 2.18 bits per heavy atom. The molecule has 0 aliphatic rings. The molecule has 262 valence electrons. The molecule has 0 atom stereocenters. The second-order valence-electron chi connectivity index (χ2n) is 14.3. The summed E-state index contributed by atoms with van der Waals surface area (Å²) in [5.41, 5.74) is 9.43. The van der Waals surface area contributed by atoms with Gasteiger partial charge in [-0.1, -0.05) is 123 Å². The molecule has 0 fully saturated rings. The van der Waals surface area contributed by atoms with E-state index in [-0.39, 0.29) is 0 Å². The number of hydrogen-bond acceptors (Lipinski definition) is 5. The maximum absolute atomic E-state index is 6.36. The van der Waals surface area contributed by atoms with E-state index in [4.69, 9.17) is 19.4 Å². The van der Waals surface area contributed by atoms with Gasteiger partial charge in [0.2, 0.25) is 5.95 Å². The van der Waals surface area contributed by atoms with E-state index < -0.39 is 0 Å². The largest absolute Gasteiger partial charge is 0.456 e. The molecule has 0 aliphatic heterocycles. The first kappa shape index (κ1) is 31.9. The fraction of sp³-hybridized carbons (Fsp3) is 0.0816. The summed E-state index contributed by atoms with van der Waals surface area (Å²) in [7, 11) is 0. The van der Waals surface area contributed by atoms with Gasteiger partial charge in [-0.15, -0.1) is 11.3 Å². The SMILES string of the molecule is CCCCc1ccc2c(c1)oc1ccc(-c3ccc4c5ccccc5n(-c5nc(-c6ccccc6)nc(-c6cccc7c6sc6ccccc67)n5)c4c3)cc12. The molecular weight excluding hydrogens is 693 g/mol. The third kappa shape index (κ3) is 5.24. The van der Waals surface area contributed by atoms with Crippen LogP contribution in [0.2, 0.25) is 0 Å². The van der Waals surface area contributed by atoms with Crippen molar-refractivity contribution in [3.05, 3.63) is 157 Å². The lowest BCUT2D eigenvalue weighted by Gasteiger charge is -2.12. The van der Waals surface area contributed by atoms with Crippen molar-refractivity contribution in [2.75, 3.05) is 0 Å². The first-order valence-electron chi connectivity index (χ1n) is 18.9. The average molecular weight is 727 g/mol. The minimum atomic E-state index is 0.584. The van der Waals surface area contributed by atoms with E-state index in [1.165, 1.54) is 38.6 Å². The summed E-state index contributed by atoms with van der Waals surface area (Å²) in [6.45, 7) is 2.23. The molecule has 0 saturated heterocycles. The van der Waals surface area contributed by atoms with Gasteiger partial charge in [0.05, 0.1) is 11.0 Å². The number of hydrogen-bond donors (Lipinski definition) is 0. The molecule has 0 saturated carbocycles. The molecule has 0 spiro atoms. The van der Waals surface area contributed by atoms with Crippen LogP contribution in [0.3, 0.4) is 0 Å². The first-order chi connectivity index (χ1) is 27.2. The van der Waals surface area contributed by atoms with Crippen LogP contribution < -0.4 is 0 Å². The molecule has 0 radical (unpaired) electrons. The molecule has 11 rings (SSSR count). The van der Waals surface area contributed by atoms with Crippen molar-refractivity contribution in [3.63, 3.8) is 0 Å². The number of benzene rings is 7. The molecule has 55 heavy (non-hydrogen) atoms. The van der Waals surface area contributed by atoms with E-state index in [2.05, 4.69) is 145 Å². The third-order valence-corrected chi connectivity index (χ3v) is 12.1. The number of fused-ring (bicyclic) bond motifs is 9. The number of para-hydroxylation sites is 1. The van der Waals surface area contributed by atoms with E-state index >= 15 is 0 Å². The summed E-state index contributed by atoms with van der Waals surface area (Å²) in [6.07, 6.45) is 3.42. The summed E-state index contributed by atoms with van der Waals surface area (Å²) in [4.78, 5) is 15.7. The van der Waals surface area contributed by atoms with Crippen LogP contribution in [0.4, 0.5) is 0 Å². The van der Waals surface area contributed by atoms with Gasteiger partial charge in [-0.2, -0.15) is 9.97 Å². The number of thiophene rings is 1. The van der Waals surface area contributed by atoms with Crippen molar-refractivity contribution in [2.45, 2.75) is 26.2 Å². The number of unbranched alkanes of at least 4 members (excludes halogenated alkanes) is 1. The maximum Gasteiger partial charge on any atom is 0.238 e. The van der Waals surface area contributed by atoms with Gasteiger partial charge in [0, 0.05) is 52.8 Å². The lowest BCUT2D eigenvalue weighted by molar-refractivity contribution is 0.667. The third-order valence-electron chi connectivity index (χ3n) is 10.9. The Labute approximate surface area is 321 Å². The lowest BCUT2D eigenvalue weighted by atomic mass is 10.0. The Kier molecular flexibility index (Phi) is 7.39. The second-order valence-corrected chi connectivity index (χ2v) is 15.3. The van der Waals surface area contributed by atoms with Gasteiger partial charge in [0.25, 0.3) is 0 Å². The van der Waals surface area contributed by atoms with E-state index in [0.29, 0.717) is 17.6 Å². The van der Waals surface area contributed by atoms with Gasteiger partial charge < -0.3 is 4.42 Å². The van der Waals surface area contributed by atoms with Gasteiger partial charge in [-0.3, -0.25) is 4.57 Å². The Hall–Kier alpha value is -6.63. The zero-order valence-electron chi connectivity index (χ0n) is 30.2. The summed E-state index contributed by atoms with van der Waals surface area (Å²) in [5, 5.41) is 7.02. The Balaban J connectivity index is 1.12. The minimum Gasteiger partial charge on any atom is -0.456 e. The number of furan rings is 1. The van der Waals surface area contributed by atoms with E-state index in [9.17, 15) is 0 Å². The molecule has 0 aliphatic carbocycles. The molecule has 0 bridgehead atoms. The van der Waals surface area contributed by atoms with Crippen molar-refractivity contribution in [1.29, 1.82) is 0 Å². The highest BCUT2D eigenvalue weighted by Gasteiger charge is 2.20. The van der Waals surface area contributed by atoms with Crippen molar-refractivity contribution >= 4 is 75.3 Å². The zero-order chi connectivity index (χ0) is 36.5. The monoisotopic (exact) mass is 726 g/mol. The molecule has 11 aromatic rings. The molecule has 6 heteroatoms. The summed E-state index contributed by atoms with van der Waals surface area (Å²) >= 11 is 1.78. The molecule has 4 aromatic heterocycles. The quantitative estimate of drug-likeness (QED) is 0.164. The van der Waals surface area contributed by atoms with Crippen LogP contribution in [0.25, 0.3) is 104 Å². The van der Waals surface area contributed by atoms with Gasteiger partial charge in [0.1, 0.15) is 11.2 Å². The smallest absolute Gasteiger partial charge is 0.238 e. The normalized spacial score (nSPS) is 11.9. The standard InChI is InChI=1S/C49H34N4OS/c1-2-3-12-30-21-24-36-40-28-32(23-26-43(40)54-44(36)27-30)33-22-25-35-34-15-7-9-19-41(34)53(42(35)29-33)49-51-47(31-13-5-4-6-14-31)50-48(52-49)39-18-11-17-38-37-16-8-10-20-45(37)55-46(38)39/h4-11,13-29H,2-3,12H2,1H3. The molecule has 0 amide bonds. The van der Waals surface area contributed by atoms with Gasteiger partial charge >= 0.3 is 0 Å². The Morgan fingerprint density at radius 2 is 1.27 bits per heavy atom. The second kappa shape index (κ2) is 12.8. The predicted molar refractivity (Wildman–Crippen MR) is 229 cm³/mol. The molecule has 7 aromatic carbocycles. The lowest BCUT2D eigenvalue weighted by Crippen LogP contribution is -2.06. The maximum atomic E-state index is 6.36. The predicted octanol–water partition coefficient (Wildman–Crippen LogP) is 13.6. The van der Waals surface area contributed by atoms with Crippen LogP contribution >= 0.6 is 11.3 Å². The van der Waals surface area contributed by atoms with Crippen LogP contribution in [0.1, 0.15) is 25.3 Å². The van der Waals surface area contributed by atoms with Crippen LogP contribution in [0.5, 0.6) is 0 Å². The van der Waals surface area contributed by atoms with Crippen LogP contribution in [0, 0.1) is 0 Å². The summed E-state index contributed by atoms with van der Waals surface area (Å²) in [6, 6.07) is 53.7. The fourth-order valence-electron chi connectivity index (χ4n) is 8.13. The van der Waals surface area contributed by atoms with Gasteiger partial charge in [-0.25, -0.2) is 4.98 Å².